The zero-order valence-electron chi connectivity index (χ0n) is 15.6. The second kappa shape index (κ2) is 8.68. The lowest BCUT2D eigenvalue weighted by molar-refractivity contribution is -0.137. The fraction of sp³-hybridized carbons (Fsp3) is 0.136. The lowest BCUT2D eigenvalue weighted by atomic mass is 10.1. The summed E-state index contributed by atoms with van der Waals surface area (Å²) in [6, 6.07) is 18.9. The normalized spacial score (nSPS) is 11.0. The molecular formula is C22H19F3N2O2. The Hall–Kier alpha value is -3.48. The molecule has 0 aromatic heterocycles. The molecule has 150 valence electrons. The number of anilines is 2. The number of carbonyl (C=O) groups is 1. The van der Waals surface area contributed by atoms with Crippen LogP contribution in [0.4, 0.5) is 24.5 Å². The SMILES string of the molecule is COc1ccc(C(=O)Nc2ccccc2)cc1NCc1cccc(C(F)(F)F)c1. The van der Waals surface area contributed by atoms with Crippen LogP contribution >= 0.6 is 0 Å². The van der Waals surface area contributed by atoms with Gasteiger partial charge in [-0.1, -0.05) is 30.3 Å². The van der Waals surface area contributed by atoms with Crippen molar-refractivity contribution in [1.82, 2.24) is 0 Å². The van der Waals surface area contributed by atoms with Gasteiger partial charge in [-0.3, -0.25) is 4.79 Å². The highest BCUT2D eigenvalue weighted by Crippen LogP contribution is 2.30. The first-order valence-electron chi connectivity index (χ1n) is 8.81. The van der Waals surface area contributed by atoms with Crippen LogP contribution in [-0.4, -0.2) is 13.0 Å². The van der Waals surface area contributed by atoms with Crippen molar-refractivity contribution in [3.8, 4) is 5.75 Å². The van der Waals surface area contributed by atoms with Gasteiger partial charge in [-0.2, -0.15) is 13.2 Å². The van der Waals surface area contributed by atoms with E-state index >= 15 is 0 Å². The summed E-state index contributed by atoms with van der Waals surface area (Å²) >= 11 is 0. The van der Waals surface area contributed by atoms with Gasteiger partial charge in [0.15, 0.2) is 0 Å². The number of ether oxygens (including phenoxy) is 1. The summed E-state index contributed by atoms with van der Waals surface area (Å²) in [6.45, 7) is 0.143. The van der Waals surface area contributed by atoms with Crippen molar-refractivity contribution in [2.45, 2.75) is 12.7 Å². The van der Waals surface area contributed by atoms with Crippen LogP contribution in [0.5, 0.6) is 5.75 Å². The number of amides is 1. The molecule has 0 aliphatic heterocycles. The monoisotopic (exact) mass is 400 g/mol. The first kappa shape index (κ1) is 20.3. The number of nitrogens with one attached hydrogen (secondary N) is 2. The zero-order valence-corrected chi connectivity index (χ0v) is 15.6. The van der Waals surface area contributed by atoms with Crippen LogP contribution in [0.2, 0.25) is 0 Å². The molecule has 29 heavy (non-hydrogen) atoms. The molecule has 0 unspecified atom stereocenters. The number of halogens is 3. The van der Waals surface area contributed by atoms with Gasteiger partial charge in [0, 0.05) is 17.8 Å². The summed E-state index contributed by atoms with van der Waals surface area (Å²) in [5, 5.41) is 5.83. The topological polar surface area (TPSA) is 50.4 Å². The Balaban J connectivity index is 1.76. The lowest BCUT2D eigenvalue weighted by Crippen LogP contribution is -2.12. The summed E-state index contributed by atoms with van der Waals surface area (Å²) in [4.78, 5) is 12.5. The standard InChI is InChI=1S/C22H19F3N2O2/c1-29-20-11-10-16(21(28)27-18-8-3-2-4-9-18)13-19(20)26-14-15-6-5-7-17(12-15)22(23,24)25/h2-13,26H,14H2,1H3,(H,27,28). The summed E-state index contributed by atoms with van der Waals surface area (Å²) in [5.41, 5.74) is 1.30. The molecule has 0 aliphatic rings. The molecule has 0 spiro atoms. The summed E-state index contributed by atoms with van der Waals surface area (Å²) in [5.74, 6) is 0.175. The number of rotatable bonds is 6. The van der Waals surface area contributed by atoms with Gasteiger partial charge in [0.25, 0.3) is 5.91 Å². The van der Waals surface area contributed by atoms with Crippen molar-refractivity contribution < 1.29 is 22.7 Å². The maximum atomic E-state index is 12.9. The van der Waals surface area contributed by atoms with Crippen LogP contribution in [0.1, 0.15) is 21.5 Å². The third-order valence-corrected chi connectivity index (χ3v) is 4.23. The molecule has 0 saturated heterocycles. The summed E-state index contributed by atoms with van der Waals surface area (Å²) in [7, 11) is 1.48. The van der Waals surface area contributed by atoms with Crippen LogP contribution < -0.4 is 15.4 Å². The van der Waals surface area contributed by atoms with E-state index in [1.165, 1.54) is 13.2 Å². The summed E-state index contributed by atoms with van der Waals surface area (Å²) in [6.07, 6.45) is -4.40. The molecule has 0 saturated carbocycles. The van der Waals surface area contributed by atoms with Gasteiger partial charge >= 0.3 is 6.18 Å². The Morgan fingerprint density at radius 1 is 0.966 bits per heavy atom. The van der Waals surface area contributed by atoms with Gasteiger partial charge < -0.3 is 15.4 Å². The third kappa shape index (κ3) is 5.28. The Labute approximate surface area is 166 Å². The van der Waals surface area contributed by atoms with Gasteiger partial charge in [0.05, 0.1) is 18.4 Å². The number of hydrogen-bond acceptors (Lipinski definition) is 3. The number of benzene rings is 3. The van der Waals surface area contributed by atoms with E-state index in [9.17, 15) is 18.0 Å². The Kier molecular flexibility index (Phi) is 6.07. The molecule has 4 nitrogen and oxygen atoms in total. The van der Waals surface area contributed by atoms with E-state index in [0.29, 0.717) is 28.3 Å². The second-order valence-corrected chi connectivity index (χ2v) is 6.29. The molecule has 1 amide bonds. The van der Waals surface area contributed by atoms with Crippen molar-refractivity contribution in [2.24, 2.45) is 0 Å². The number of para-hydroxylation sites is 1. The van der Waals surface area contributed by atoms with E-state index in [1.54, 1.807) is 36.4 Å². The van der Waals surface area contributed by atoms with E-state index in [1.807, 2.05) is 18.2 Å². The van der Waals surface area contributed by atoms with E-state index < -0.39 is 11.7 Å². The van der Waals surface area contributed by atoms with Crippen LogP contribution in [0.25, 0.3) is 0 Å². The first-order chi connectivity index (χ1) is 13.9. The first-order valence-corrected chi connectivity index (χ1v) is 8.81. The van der Waals surface area contributed by atoms with E-state index in [2.05, 4.69) is 10.6 Å². The number of carbonyl (C=O) groups excluding carboxylic acids is 1. The quantitative estimate of drug-likeness (QED) is 0.568. The average Bonchev–Trinajstić information content (AvgIpc) is 2.72. The van der Waals surface area contributed by atoms with Crippen LogP contribution in [0.15, 0.2) is 72.8 Å². The third-order valence-electron chi connectivity index (χ3n) is 4.23. The maximum absolute atomic E-state index is 12.9. The molecule has 0 atom stereocenters. The Bertz CT molecular complexity index is 989. The Morgan fingerprint density at radius 3 is 2.41 bits per heavy atom. The zero-order chi connectivity index (χ0) is 20.9. The molecular weight excluding hydrogens is 381 g/mol. The van der Waals surface area contributed by atoms with E-state index in [4.69, 9.17) is 4.74 Å². The van der Waals surface area contributed by atoms with Crippen molar-refractivity contribution in [1.29, 1.82) is 0 Å². The van der Waals surface area contributed by atoms with Crippen molar-refractivity contribution in [3.63, 3.8) is 0 Å². The van der Waals surface area contributed by atoms with Gasteiger partial charge in [0.1, 0.15) is 5.75 Å². The average molecular weight is 400 g/mol. The van der Waals surface area contributed by atoms with Gasteiger partial charge in [-0.25, -0.2) is 0 Å². The molecule has 0 heterocycles. The van der Waals surface area contributed by atoms with Crippen LogP contribution in [0, 0.1) is 0 Å². The van der Waals surface area contributed by atoms with E-state index in [0.717, 1.165) is 12.1 Å². The predicted octanol–water partition coefficient (Wildman–Crippen LogP) is 5.58. The number of alkyl halides is 3. The van der Waals surface area contributed by atoms with Crippen molar-refractivity contribution in [3.05, 3.63) is 89.5 Å². The maximum Gasteiger partial charge on any atom is 0.416 e. The van der Waals surface area contributed by atoms with Gasteiger partial charge in [0.2, 0.25) is 0 Å². The molecule has 7 heteroatoms. The molecule has 0 radical (unpaired) electrons. The molecule has 0 aliphatic carbocycles. The van der Waals surface area contributed by atoms with Crippen LogP contribution in [-0.2, 0) is 12.7 Å². The highest BCUT2D eigenvalue weighted by molar-refractivity contribution is 6.05. The highest BCUT2D eigenvalue weighted by atomic mass is 19.4. The van der Waals surface area contributed by atoms with Gasteiger partial charge in [-0.05, 0) is 48.0 Å². The van der Waals surface area contributed by atoms with Crippen molar-refractivity contribution >= 4 is 17.3 Å². The minimum Gasteiger partial charge on any atom is -0.495 e. The highest BCUT2D eigenvalue weighted by Gasteiger charge is 2.30. The fourth-order valence-electron chi connectivity index (χ4n) is 2.77. The number of methoxy groups -OCH3 is 1. The predicted molar refractivity (Wildman–Crippen MR) is 106 cm³/mol. The molecule has 0 fully saturated rings. The number of hydrogen-bond donors (Lipinski definition) is 2. The fourth-order valence-corrected chi connectivity index (χ4v) is 2.77. The smallest absolute Gasteiger partial charge is 0.416 e. The molecule has 3 aromatic carbocycles. The van der Waals surface area contributed by atoms with Crippen molar-refractivity contribution in [2.75, 3.05) is 17.7 Å². The molecule has 0 bridgehead atoms. The summed E-state index contributed by atoms with van der Waals surface area (Å²) < 4.78 is 43.9. The molecule has 3 rings (SSSR count). The van der Waals surface area contributed by atoms with Crippen LogP contribution in [0.3, 0.4) is 0 Å². The Morgan fingerprint density at radius 2 is 1.72 bits per heavy atom. The second-order valence-electron chi connectivity index (χ2n) is 6.29. The minimum atomic E-state index is -4.40. The lowest BCUT2D eigenvalue weighted by Gasteiger charge is -2.14. The molecule has 3 aromatic rings. The van der Waals surface area contributed by atoms with Gasteiger partial charge in [-0.15, -0.1) is 0 Å². The van der Waals surface area contributed by atoms with E-state index in [-0.39, 0.29) is 12.5 Å². The molecule has 2 N–H and O–H groups in total. The minimum absolute atomic E-state index is 0.143. The largest absolute Gasteiger partial charge is 0.495 e.